The number of aliphatic hydroxyl groups excluding tert-OH is 1. The van der Waals surface area contributed by atoms with E-state index in [-0.39, 0.29) is 12.0 Å². The molecule has 1 fully saturated rings. The lowest BCUT2D eigenvalue weighted by atomic mass is 9.90. The highest BCUT2D eigenvalue weighted by molar-refractivity contribution is 5.32. The molecule has 0 amide bonds. The second-order valence-electron chi connectivity index (χ2n) is 7.09. The van der Waals surface area contributed by atoms with Crippen LogP contribution in [0.25, 0.3) is 0 Å². The first-order valence-electron chi connectivity index (χ1n) is 8.41. The van der Waals surface area contributed by atoms with Gasteiger partial charge >= 0.3 is 0 Å². The lowest BCUT2D eigenvalue weighted by Gasteiger charge is -2.27. The SMILES string of the molecule is Cc1cc(CNCC(C)(C)CCO)nc(N2CCCCC2)n1. The average molecular weight is 306 g/mol. The van der Waals surface area contributed by atoms with Crippen LogP contribution in [0, 0.1) is 12.3 Å². The number of hydrogen-bond donors (Lipinski definition) is 2. The third-order valence-electron chi connectivity index (χ3n) is 4.23. The largest absolute Gasteiger partial charge is 0.396 e. The Morgan fingerprint density at radius 2 is 1.95 bits per heavy atom. The van der Waals surface area contributed by atoms with Crippen LogP contribution in [0.5, 0.6) is 0 Å². The van der Waals surface area contributed by atoms with Gasteiger partial charge < -0.3 is 15.3 Å². The molecule has 22 heavy (non-hydrogen) atoms. The Labute approximate surface area is 134 Å². The number of nitrogens with zero attached hydrogens (tertiary/aromatic N) is 3. The summed E-state index contributed by atoms with van der Waals surface area (Å²) in [5, 5.41) is 12.5. The first-order valence-corrected chi connectivity index (χ1v) is 8.41. The molecule has 1 aliphatic heterocycles. The molecule has 1 aliphatic rings. The van der Waals surface area contributed by atoms with E-state index in [0.717, 1.165) is 49.9 Å². The second kappa shape index (κ2) is 7.88. The lowest BCUT2D eigenvalue weighted by molar-refractivity contribution is 0.207. The van der Waals surface area contributed by atoms with Crippen molar-refractivity contribution in [2.75, 3.05) is 31.1 Å². The summed E-state index contributed by atoms with van der Waals surface area (Å²) in [4.78, 5) is 11.6. The summed E-state index contributed by atoms with van der Waals surface area (Å²) in [6, 6.07) is 2.06. The van der Waals surface area contributed by atoms with Crippen LogP contribution in [0.15, 0.2) is 6.07 Å². The van der Waals surface area contributed by atoms with Crippen LogP contribution in [-0.4, -0.2) is 41.3 Å². The summed E-state index contributed by atoms with van der Waals surface area (Å²) in [6.45, 7) is 10.4. The van der Waals surface area contributed by atoms with E-state index in [1.807, 2.05) is 6.92 Å². The third kappa shape index (κ3) is 5.21. The zero-order valence-corrected chi connectivity index (χ0v) is 14.2. The maximum atomic E-state index is 9.08. The molecule has 1 aromatic rings. The molecule has 0 radical (unpaired) electrons. The molecule has 2 heterocycles. The molecule has 0 aromatic carbocycles. The van der Waals surface area contributed by atoms with E-state index < -0.39 is 0 Å². The molecule has 2 N–H and O–H groups in total. The first kappa shape index (κ1) is 17.2. The highest BCUT2D eigenvalue weighted by Crippen LogP contribution is 2.19. The number of piperidine rings is 1. The Kier molecular flexibility index (Phi) is 6.15. The molecule has 0 unspecified atom stereocenters. The number of aliphatic hydroxyl groups is 1. The van der Waals surface area contributed by atoms with Crippen LogP contribution in [0.2, 0.25) is 0 Å². The van der Waals surface area contributed by atoms with Crippen LogP contribution in [0.4, 0.5) is 5.95 Å². The molecule has 0 bridgehead atoms. The van der Waals surface area contributed by atoms with Gasteiger partial charge in [-0.1, -0.05) is 13.8 Å². The van der Waals surface area contributed by atoms with E-state index in [2.05, 4.69) is 35.1 Å². The fourth-order valence-corrected chi connectivity index (χ4v) is 2.86. The molecule has 5 heteroatoms. The number of hydrogen-bond acceptors (Lipinski definition) is 5. The standard InChI is InChI=1S/C17H30N4O/c1-14-11-15(12-18-13-17(2,3)7-10-22)20-16(19-14)21-8-5-4-6-9-21/h11,18,22H,4-10,12-13H2,1-3H3. The molecule has 1 saturated heterocycles. The van der Waals surface area contributed by atoms with Crippen molar-refractivity contribution in [1.29, 1.82) is 0 Å². The van der Waals surface area contributed by atoms with Gasteiger partial charge in [0.2, 0.25) is 5.95 Å². The minimum absolute atomic E-state index is 0.104. The summed E-state index contributed by atoms with van der Waals surface area (Å²) in [6.07, 6.45) is 4.60. The van der Waals surface area contributed by atoms with Crippen molar-refractivity contribution in [3.63, 3.8) is 0 Å². The van der Waals surface area contributed by atoms with E-state index in [1.165, 1.54) is 19.3 Å². The van der Waals surface area contributed by atoms with E-state index >= 15 is 0 Å². The molecule has 1 aromatic heterocycles. The highest BCUT2D eigenvalue weighted by atomic mass is 16.3. The molecule has 0 atom stereocenters. The maximum Gasteiger partial charge on any atom is 0.225 e. The normalized spacial score (nSPS) is 16.1. The van der Waals surface area contributed by atoms with E-state index in [1.54, 1.807) is 0 Å². The molecule has 124 valence electrons. The molecule has 2 rings (SSSR count). The molecule has 0 saturated carbocycles. The van der Waals surface area contributed by atoms with Crippen LogP contribution >= 0.6 is 0 Å². The van der Waals surface area contributed by atoms with Gasteiger partial charge in [0.25, 0.3) is 0 Å². The predicted molar refractivity (Wildman–Crippen MR) is 90.0 cm³/mol. The average Bonchev–Trinajstić information content (AvgIpc) is 2.47. The fraction of sp³-hybridized carbons (Fsp3) is 0.765. The van der Waals surface area contributed by atoms with Crippen LogP contribution in [0.3, 0.4) is 0 Å². The Hall–Kier alpha value is -1.20. The van der Waals surface area contributed by atoms with Gasteiger partial charge in [-0.05, 0) is 44.1 Å². The minimum atomic E-state index is 0.104. The van der Waals surface area contributed by atoms with Gasteiger partial charge in [-0.25, -0.2) is 9.97 Å². The first-order chi connectivity index (χ1) is 10.5. The van der Waals surface area contributed by atoms with Gasteiger partial charge in [-0.3, -0.25) is 0 Å². The Balaban J connectivity index is 1.94. The van der Waals surface area contributed by atoms with Crippen LogP contribution in [-0.2, 0) is 6.54 Å². The molecule has 0 aliphatic carbocycles. The van der Waals surface area contributed by atoms with Gasteiger partial charge in [0, 0.05) is 38.5 Å². The molecular formula is C17H30N4O. The zero-order chi connectivity index (χ0) is 16.0. The van der Waals surface area contributed by atoms with E-state index in [4.69, 9.17) is 10.1 Å². The van der Waals surface area contributed by atoms with Gasteiger partial charge in [0.15, 0.2) is 0 Å². The Morgan fingerprint density at radius 3 is 2.64 bits per heavy atom. The summed E-state index contributed by atoms with van der Waals surface area (Å²) in [5.41, 5.74) is 2.18. The third-order valence-corrected chi connectivity index (χ3v) is 4.23. The molecule has 0 spiro atoms. The smallest absolute Gasteiger partial charge is 0.225 e. The Morgan fingerprint density at radius 1 is 1.23 bits per heavy atom. The summed E-state index contributed by atoms with van der Waals surface area (Å²) >= 11 is 0. The van der Waals surface area contributed by atoms with Gasteiger partial charge in [-0.15, -0.1) is 0 Å². The maximum absolute atomic E-state index is 9.08. The number of aryl methyl sites for hydroxylation is 1. The van der Waals surface area contributed by atoms with Crippen molar-refractivity contribution >= 4 is 5.95 Å². The Bertz CT molecular complexity index is 470. The van der Waals surface area contributed by atoms with Crippen molar-refractivity contribution in [1.82, 2.24) is 15.3 Å². The van der Waals surface area contributed by atoms with E-state index in [0.29, 0.717) is 0 Å². The van der Waals surface area contributed by atoms with E-state index in [9.17, 15) is 0 Å². The summed E-state index contributed by atoms with van der Waals surface area (Å²) in [5.74, 6) is 0.881. The quantitative estimate of drug-likeness (QED) is 0.809. The second-order valence-corrected chi connectivity index (χ2v) is 7.09. The van der Waals surface area contributed by atoms with Crippen molar-refractivity contribution in [3.05, 3.63) is 17.5 Å². The van der Waals surface area contributed by atoms with Crippen LogP contribution < -0.4 is 10.2 Å². The minimum Gasteiger partial charge on any atom is -0.396 e. The summed E-state index contributed by atoms with van der Waals surface area (Å²) < 4.78 is 0. The number of anilines is 1. The highest BCUT2D eigenvalue weighted by Gasteiger charge is 2.17. The number of rotatable bonds is 7. The summed E-state index contributed by atoms with van der Waals surface area (Å²) in [7, 11) is 0. The van der Waals surface area contributed by atoms with Crippen molar-refractivity contribution in [2.45, 2.75) is 53.0 Å². The number of nitrogens with one attached hydrogen (secondary N) is 1. The predicted octanol–water partition coefficient (Wildman–Crippen LogP) is 2.27. The van der Waals surface area contributed by atoms with Crippen molar-refractivity contribution in [3.8, 4) is 0 Å². The fourth-order valence-electron chi connectivity index (χ4n) is 2.86. The van der Waals surface area contributed by atoms with Gasteiger partial charge in [0.05, 0.1) is 5.69 Å². The topological polar surface area (TPSA) is 61.3 Å². The van der Waals surface area contributed by atoms with Crippen molar-refractivity contribution < 1.29 is 5.11 Å². The molecule has 5 nitrogen and oxygen atoms in total. The molecular weight excluding hydrogens is 276 g/mol. The van der Waals surface area contributed by atoms with Crippen molar-refractivity contribution in [2.24, 2.45) is 5.41 Å². The lowest BCUT2D eigenvalue weighted by Crippen LogP contribution is -2.32. The zero-order valence-electron chi connectivity index (χ0n) is 14.2. The van der Waals surface area contributed by atoms with Crippen LogP contribution in [0.1, 0.15) is 50.9 Å². The van der Waals surface area contributed by atoms with Gasteiger partial charge in [-0.2, -0.15) is 0 Å². The monoisotopic (exact) mass is 306 g/mol. The van der Waals surface area contributed by atoms with Gasteiger partial charge in [0.1, 0.15) is 0 Å². The number of aromatic nitrogens is 2.